The Bertz CT molecular complexity index is 233. The predicted molar refractivity (Wildman–Crippen MR) is 48.9 cm³/mol. The summed E-state index contributed by atoms with van der Waals surface area (Å²) in [6.07, 6.45) is 0. The molecule has 0 unspecified atom stereocenters. The molecule has 2 N–H and O–H groups in total. The van der Waals surface area contributed by atoms with Crippen LogP contribution in [-0.2, 0) is 0 Å². The molecule has 0 saturated heterocycles. The summed E-state index contributed by atoms with van der Waals surface area (Å²) < 4.78 is 0. The van der Waals surface area contributed by atoms with Crippen molar-refractivity contribution in [1.82, 2.24) is 0 Å². The highest BCUT2D eigenvalue weighted by Crippen LogP contribution is 2.17. The summed E-state index contributed by atoms with van der Waals surface area (Å²) in [6.45, 7) is 0. The summed E-state index contributed by atoms with van der Waals surface area (Å²) in [5.41, 5.74) is 0. The van der Waals surface area contributed by atoms with Gasteiger partial charge < -0.3 is 10.2 Å². The first kappa shape index (κ1) is 7.36. The van der Waals surface area contributed by atoms with Gasteiger partial charge in [0.1, 0.15) is 0 Å². The predicted octanol–water partition coefficient (Wildman–Crippen LogP) is -2.92. The van der Waals surface area contributed by atoms with Crippen LogP contribution < -0.4 is 10.4 Å². The van der Waals surface area contributed by atoms with Crippen LogP contribution in [0.1, 0.15) is 0 Å². The standard InChI is InChI=1S/C6H10O2Si2/c7-3-1-2-4(9)6(10)5(3)8/h1-2,7-8H,9-10H3. The van der Waals surface area contributed by atoms with Gasteiger partial charge >= 0.3 is 0 Å². The van der Waals surface area contributed by atoms with Crippen LogP contribution in [0.4, 0.5) is 0 Å². The Kier molecular flexibility index (Phi) is 1.82. The average Bonchev–Trinajstić information content (AvgIpc) is 1.93. The molecule has 10 heavy (non-hydrogen) atoms. The smallest absolute Gasteiger partial charge is 0.157 e. The largest absolute Gasteiger partial charge is 0.504 e. The van der Waals surface area contributed by atoms with E-state index in [0.29, 0.717) is 0 Å². The molecule has 54 valence electrons. The van der Waals surface area contributed by atoms with Crippen molar-refractivity contribution in [2.45, 2.75) is 0 Å². The average molecular weight is 170 g/mol. The minimum Gasteiger partial charge on any atom is -0.504 e. The summed E-state index contributed by atoms with van der Waals surface area (Å²) in [6, 6.07) is 3.41. The fourth-order valence-electron chi connectivity index (χ4n) is 0.787. The van der Waals surface area contributed by atoms with Crippen LogP contribution in [0.15, 0.2) is 12.1 Å². The summed E-state index contributed by atoms with van der Waals surface area (Å²) >= 11 is 0. The third-order valence-corrected chi connectivity index (χ3v) is 5.03. The van der Waals surface area contributed by atoms with E-state index < -0.39 is 0 Å². The van der Waals surface area contributed by atoms with Crippen LogP contribution in [0.3, 0.4) is 0 Å². The van der Waals surface area contributed by atoms with Crippen LogP contribution >= 0.6 is 0 Å². The van der Waals surface area contributed by atoms with Crippen molar-refractivity contribution in [1.29, 1.82) is 0 Å². The van der Waals surface area contributed by atoms with Crippen molar-refractivity contribution in [2.75, 3.05) is 0 Å². The Balaban J connectivity index is 3.34. The van der Waals surface area contributed by atoms with E-state index in [-0.39, 0.29) is 11.5 Å². The van der Waals surface area contributed by atoms with E-state index in [1.54, 1.807) is 6.07 Å². The van der Waals surface area contributed by atoms with Crippen molar-refractivity contribution in [3.05, 3.63) is 12.1 Å². The molecule has 0 bridgehead atoms. The maximum absolute atomic E-state index is 9.19. The van der Waals surface area contributed by atoms with Crippen molar-refractivity contribution in [3.63, 3.8) is 0 Å². The molecule has 0 radical (unpaired) electrons. The normalized spacial score (nSPS) is 10.4. The molecule has 0 heterocycles. The first-order chi connectivity index (χ1) is 4.63. The molecular weight excluding hydrogens is 160 g/mol. The molecule has 0 aromatic heterocycles. The molecule has 0 saturated carbocycles. The van der Waals surface area contributed by atoms with Gasteiger partial charge in [0.05, 0.1) is 0 Å². The van der Waals surface area contributed by atoms with Gasteiger partial charge in [0.25, 0.3) is 0 Å². The minimum atomic E-state index is 0.00426. The van der Waals surface area contributed by atoms with Gasteiger partial charge in [-0.15, -0.1) is 0 Å². The Hall–Kier alpha value is -0.746. The third kappa shape index (κ3) is 1.07. The zero-order valence-corrected chi connectivity index (χ0v) is 10.0. The first-order valence-electron chi connectivity index (χ1n) is 3.11. The third-order valence-electron chi connectivity index (χ3n) is 1.68. The van der Waals surface area contributed by atoms with Gasteiger partial charge in [0.15, 0.2) is 11.5 Å². The lowest BCUT2D eigenvalue weighted by molar-refractivity contribution is 0.407. The van der Waals surface area contributed by atoms with Crippen LogP contribution in [0.5, 0.6) is 11.5 Å². The number of hydrogen-bond donors (Lipinski definition) is 2. The fourth-order valence-corrected chi connectivity index (χ4v) is 1.61. The minimum absolute atomic E-state index is 0.00426. The Morgan fingerprint density at radius 1 is 1.10 bits per heavy atom. The second-order valence-corrected chi connectivity index (χ2v) is 4.45. The van der Waals surface area contributed by atoms with E-state index in [4.69, 9.17) is 5.11 Å². The van der Waals surface area contributed by atoms with Crippen LogP contribution in [0, 0.1) is 0 Å². The van der Waals surface area contributed by atoms with Gasteiger partial charge in [-0.25, -0.2) is 0 Å². The maximum atomic E-state index is 9.19. The van der Waals surface area contributed by atoms with E-state index in [9.17, 15) is 5.11 Å². The number of phenolic OH excluding ortho intramolecular Hbond substituents is 2. The molecule has 0 aliphatic rings. The van der Waals surface area contributed by atoms with E-state index in [0.717, 1.165) is 25.7 Å². The number of benzene rings is 1. The first-order valence-corrected chi connectivity index (χ1v) is 5.11. The van der Waals surface area contributed by atoms with Crippen molar-refractivity contribution < 1.29 is 10.2 Å². The Morgan fingerprint density at radius 3 is 2.20 bits per heavy atom. The van der Waals surface area contributed by atoms with Crippen molar-refractivity contribution in [3.8, 4) is 11.5 Å². The van der Waals surface area contributed by atoms with Crippen LogP contribution in [0.2, 0.25) is 0 Å². The highest BCUT2D eigenvalue weighted by molar-refractivity contribution is 6.49. The summed E-state index contributed by atoms with van der Waals surface area (Å²) in [7, 11) is 1.74. The fraction of sp³-hybridized carbons (Fsp3) is 0. The molecule has 0 spiro atoms. The zero-order chi connectivity index (χ0) is 7.72. The maximum Gasteiger partial charge on any atom is 0.157 e. The molecule has 4 heteroatoms. The van der Waals surface area contributed by atoms with E-state index >= 15 is 0 Å². The number of aromatic hydroxyl groups is 2. The molecule has 0 aliphatic heterocycles. The lowest BCUT2D eigenvalue weighted by Crippen LogP contribution is -2.25. The lowest BCUT2D eigenvalue weighted by atomic mass is 10.3. The highest BCUT2D eigenvalue weighted by atomic mass is 28.2. The van der Waals surface area contributed by atoms with Gasteiger partial charge in [-0.2, -0.15) is 0 Å². The summed E-state index contributed by atoms with van der Waals surface area (Å²) in [5, 5.41) is 20.3. The van der Waals surface area contributed by atoms with E-state index in [1.165, 1.54) is 5.19 Å². The number of rotatable bonds is 0. The SMILES string of the molecule is Oc1ccc([SiH3])c([SiH3])c1O. The topological polar surface area (TPSA) is 40.5 Å². The molecule has 1 rings (SSSR count). The molecular formula is C6H10O2Si2. The van der Waals surface area contributed by atoms with Gasteiger partial charge in [0, 0.05) is 20.5 Å². The van der Waals surface area contributed by atoms with Crippen LogP contribution in [-0.4, -0.2) is 30.7 Å². The molecule has 2 nitrogen and oxygen atoms in total. The van der Waals surface area contributed by atoms with Crippen LogP contribution in [0.25, 0.3) is 0 Å². The van der Waals surface area contributed by atoms with E-state index in [1.807, 2.05) is 6.07 Å². The summed E-state index contributed by atoms with van der Waals surface area (Å²) in [4.78, 5) is 0. The number of hydrogen-bond acceptors (Lipinski definition) is 2. The molecule has 1 aromatic carbocycles. The zero-order valence-electron chi connectivity index (χ0n) is 6.05. The van der Waals surface area contributed by atoms with Gasteiger partial charge in [-0.1, -0.05) is 11.3 Å². The Labute approximate surface area is 65.4 Å². The second-order valence-electron chi connectivity index (χ2n) is 2.38. The van der Waals surface area contributed by atoms with E-state index in [2.05, 4.69) is 0 Å². The van der Waals surface area contributed by atoms with Crippen molar-refractivity contribution in [2.24, 2.45) is 0 Å². The molecule has 0 amide bonds. The lowest BCUT2D eigenvalue weighted by Gasteiger charge is -2.03. The molecule has 1 aromatic rings. The Morgan fingerprint density at radius 2 is 1.70 bits per heavy atom. The second kappa shape index (κ2) is 2.47. The van der Waals surface area contributed by atoms with Gasteiger partial charge in [0.2, 0.25) is 0 Å². The molecule has 0 aliphatic carbocycles. The summed E-state index contributed by atoms with van der Waals surface area (Å²) in [5.74, 6) is 0.0868. The quantitative estimate of drug-likeness (QED) is 0.323. The molecule has 0 atom stereocenters. The van der Waals surface area contributed by atoms with Gasteiger partial charge in [-0.3, -0.25) is 0 Å². The van der Waals surface area contributed by atoms with Gasteiger partial charge in [-0.05, 0) is 11.3 Å². The molecule has 0 fully saturated rings. The monoisotopic (exact) mass is 170 g/mol. The highest BCUT2D eigenvalue weighted by Gasteiger charge is 2.02. The van der Waals surface area contributed by atoms with Crippen molar-refractivity contribution >= 4 is 30.9 Å². The number of phenols is 2.